The first-order chi connectivity index (χ1) is 22.6. The van der Waals surface area contributed by atoms with Crippen molar-refractivity contribution < 1.29 is 31.6 Å². The summed E-state index contributed by atoms with van der Waals surface area (Å²) in [6, 6.07) is 17.8. The number of amides is 1. The Morgan fingerprint density at radius 2 is 1.55 bits per heavy atom. The van der Waals surface area contributed by atoms with Crippen molar-refractivity contribution in [2.45, 2.75) is 44.7 Å². The van der Waals surface area contributed by atoms with Crippen LogP contribution in [0.2, 0.25) is 0 Å². The summed E-state index contributed by atoms with van der Waals surface area (Å²) in [4.78, 5) is 39.6. The Morgan fingerprint density at radius 1 is 0.872 bits per heavy atom. The Hall–Kier alpha value is -4.74. The number of hydrogen-bond donors (Lipinski definition) is 0. The maximum Gasteiger partial charge on any atom is 0.437 e. The lowest BCUT2D eigenvalue weighted by Crippen LogP contribution is -2.49. The maximum absolute atomic E-state index is 14.0. The summed E-state index contributed by atoms with van der Waals surface area (Å²) in [5, 5.41) is 0. The van der Waals surface area contributed by atoms with E-state index in [9.17, 15) is 27.2 Å². The number of pyridine rings is 1. The highest BCUT2D eigenvalue weighted by Gasteiger charge is 2.42. The van der Waals surface area contributed by atoms with Gasteiger partial charge in [-0.3, -0.25) is 9.59 Å². The van der Waals surface area contributed by atoms with Crippen LogP contribution in [0.15, 0.2) is 71.3 Å². The molecule has 4 aromatic rings. The Balaban J connectivity index is 1.08. The molecule has 2 aromatic carbocycles. The van der Waals surface area contributed by atoms with Crippen LogP contribution in [0.25, 0.3) is 0 Å². The van der Waals surface area contributed by atoms with Crippen molar-refractivity contribution in [1.82, 2.24) is 14.9 Å². The van der Waals surface area contributed by atoms with Gasteiger partial charge in [0.1, 0.15) is 11.6 Å². The second kappa shape index (κ2) is 13.5. The molecule has 2 aromatic heterocycles. The standard InChI is InChI=1S/C35H35F4N5O3/c1-23-19-30(42-15-17-43(18-16-42)31(46)21-26-9-5-6-10-28(26)36)40-22-27(23)20-29(45)32-33(35(37,38)39)41-34(47-32)44-13-11-25(12-14-44)24-7-3-2-4-8-24/h2-10,19,22,25H,11-18,20-21H2,1H3. The Morgan fingerprint density at radius 3 is 2.21 bits per heavy atom. The molecule has 0 saturated carbocycles. The highest BCUT2D eigenvalue weighted by molar-refractivity contribution is 5.96. The van der Waals surface area contributed by atoms with Gasteiger partial charge in [0.05, 0.1) is 6.42 Å². The predicted octanol–water partition coefficient (Wildman–Crippen LogP) is 6.24. The van der Waals surface area contributed by atoms with Gasteiger partial charge in [-0.1, -0.05) is 48.5 Å². The van der Waals surface area contributed by atoms with Crippen LogP contribution in [0, 0.1) is 12.7 Å². The number of carbonyl (C=O) groups is 2. The second-order valence-corrected chi connectivity index (χ2v) is 12.0. The average molecular weight is 650 g/mol. The van der Waals surface area contributed by atoms with Crippen molar-refractivity contribution in [2.24, 2.45) is 0 Å². The summed E-state index contributed by atoms with van der Waals surface area (Å²) in [6.45, 7) is 4.58. The minimum Gasteiger partial charge on any atom is -0.420 e. The quantitative estimate of drug-likeness (QED) is 0.165. The summed E-state index contributed by atoms with van der Waals surface area (Å²) >= 11 is 0. The van der Waals surface area contributed by atoms with Crippen LogP contribution in [-0.4, -0.2) is 65.8 Å². The number of Topliss-reactive ketones (excluding diaryl/α,β-unsaturated/α-hetero) is 1. The van der Waals surface area contributed by atoms with Crippen LogP contribution in [0.5, 0.6) is 0 Å². The zero-order valence-corrected chi connectivity index (χ0v) is 26.0. The van der Waals surface area contributed by atoms with Gasteiger partial charge in [-0.25, -0.2) is 9.37 Å². The van der Waals surface area contributed by atoms with Crippen molar-refractivity contribution in [2.75, 3.05) is 49.1 Å². The molecule has 0 radical (unpaired) electrons. The van der Waals surface area contributed by atoms with Gasteiger partial charge in [0.15, 0.2) is 5.69 Å². The zero-order chi connectivity index (χ0) is 33.1. The normalized spacial score (nSPS) is 16.1. The van der Waals surface area contributed by atoms with Crippen LogP contribution >= 0.6 is 0 Å². The highest BCUT2D eigenvalue weighted by atomic mass is 19.4. The highest BCUT2D eigenvalue weighted by Crippen LogP contribution is 2.37. The molecule has 0 N–H and O–H groups in total. The number of oxazole rings is 1. The molecule has 6 rings (SSSR count). The molecule has 0 unspecified atom stereocenters. The van der Waals surface area contributed by atoms with Gasteiger partial charge >= 0.3 is 6.18 Å². The first-order valence-electron chi connectivity index (χ1n) is 15.7. The molecular formula is C35H35F4N5O3. The van der Waals surface area contributed by atoms with Crippen molar-refractivity contribution in [3.05, 3.63) is 106 Å². The van der Waals surface area contributed by atoms with E-state index in [-0.39, 0.29) is 24.8 Å². The Kier molecular flexibility index (Phi) is 9.28. The number of anilines is 2. The molecule has 2 aliphatic rings. The number of halogens is 4. The average Bonchev–Trinajstić information content (AvgIpc) is 3.54. The van der Waals surface area contributed by atoms with Crippen molar-refractivity contribution in [1.29, 1.82) is 0 Å². The number of alkyl halides is 3. The van der Waals surface area contributed by atoms with E-state index in [0.29, 0.717) is 67.7 Å². The number of aryl methyl sites for hydroxylation is 1. The Labute approximate surface area is 270 Å². The molecule has 4 heterocycles. The number of rotatable bonds is 8. The number of carbonyl (C=O) groups excluding carboxylic acids is 2. The van der Waals surface area contributed by atoms with Gasteiger partial charge in [0.2, 0.25) is 17.5 Å². The minimum atomic E-state index is -4.86. The molecule has 0 bridgehead atoms. The second-order valence-electron chi connectivity index (χ2n) is 12.0. The number of hydrogen-bond acceptors (Lipinski definition) is 7. The van der Waals surface area contributed by atoms with Gasteiger partial charge in [0.25, 0.3) is 6.01 Å². The molecule has 0 aliphatic carbocycles. The van der Waals surface area contributed by atoms with Gasteiger partial charge in [0, 0.05) is 51.9 Å². The van der Waals surface area contributed by atoms with Crippen molar-refractivity contribution in [3.8, 4) is 0 Å². The van der Waals surface area contributed by atoms with E-state index in [2.05, 4.69) is 9.97 Å². The number of nitrogens with zero attached hydrogens (tertiary/aromatic N) is 5. The van der Waals surface area contributed by atoms with Crippen molar-refractivity contribution in [3.63, 3.8) is 0 Å². The van der Waals surface area contributed by atoms with E-state index in [1.165, 1.54) is 17.8 Å². The molecule has 0 atom stereocenters. The number of ketones is 1. The molecule has 8 nitrogen and oxygen atoms in total. The Bertz CT molecular complexity index is 1730. The van der Waals surface area contributed by atoms with Crippen LogP contribution in [0.4, 0.5) is 29.4 Å². The maximum atomic E-state index is 14.0. The van der Waals surface area contributed by atoms with Gasteiger partial charge < -0.3 is 19.1 Å². The number of benzene rings is 2. The number of piperidine rings is 1. The molecule has 12 heteroatoms. The van der Waals surface area contributed by atoms with Gasteiger partial charge in [-0.2, -0.15) is 18.2 Å². The van der Waals surface area contributed by atoms with E-state index in [0.717, 1.165) is 12.8 Å². The summed E-state index contributed by atoms with van der Waals surface area (Å²) in [5.41, 5.74) is 1.40. The van der Waals surface area contributed by atoms with Crippen LogP contribution in [-0.2, 0) is 23.8 Å². The van der Waals surface area contributed by atoms with Crippen LogP contribution < -0.4 is 9.80 Å². The van der Waals surface area contributed by atoms with Gasteiger partial charge in [-0.05, 0) is 60.1 Å². The van der Waals surface area contributed by atoms with Crippen LogP contribution in [0.1, 0.15) is 57.3 Å². The monoisotopic (exact) mass is 649 g/mol. The first kappa shape index (κ1) is 32.2. The fourth-order valence-corrected chi connectivity index (χ4v) is 6.24. The first-order valence-corrected chi connectivity index (χ1v) is 15.7. The fourth-order valence-electron chi connectivity index (χ4n) is 6.24. The molecule has 2 fully saturated rings. The molecule has 246 valence electrons. The lowest BCUT2D eigenvalue weighted by molar-refractivity contribution is -0.141. The minimum absolute atomic E-state index is 0.0117. The third kappa shape index (κ3) is 7.31. The summed E-state index contributed by atoms with van der Waals surface area (Å²) in [5.74, 6) is -1.25. The van der Waals surface area contributed by atoms with Crippen molar-refractivity contribution >= 4 is 23.5 Å². The summed E-state index contributed by atoms with van der Waals surface area (Å²) in [7, 11) is 0. The smallest absolute Gasteiger partial charge is 0.420 e. The topological polar surface area (TPSA) is 82.8 Å². The van der Waals surface area contributed by atoms with E-state index in [4.69, 9.17) is 4.42 Å². The predicted molar refractivity (Wildman–Crippen MR) is 168 cm³/mol. The van der Waals surface area contributed by atoms with E-state index in [1.807, 2.05) is 35.2 Å². The summed E-state index contributed by atoms with van der Waals surface area (Å²) < 4.78 is 61.5. The number of aromatic nitrogens is 2. The van der Waals surface area contributed by atoms with Crippen LogP contribution in [0.3, 0.4) is 0 Å². The third-order valence-corrected chi connectivity index (χ3v) is 8.99. The van der Waals surface area contributed by atoms with Gasteiger partial charge in [-0.15, -0.1) is 0 Å². The lowest BCUT2D eigenvalue weighted by atomic mass is 9.90. The molecule has 0 spiro atoms. The third-order valence-electron chi connectivity index (χ3n) is 8.99. The largest absolute Gasteiger partial charge is 0.437 e. The number of piperazine rings is 1. The lowest BCUT2D eigenvalue weighted by Gasteiger charge is -2.35. The molecule has 1 amide bonds. The fraction of sp³-hybridized carbons (Fsp3) is 0.371. The van der Waals surface area contributed by atoms with E-state index >= 15 is 0 Å². The van der Waals surface area contributed by atoms with E-state index < -0.39 is 29.2 Å². The molecule has 2 saturated heterocycles. The zero-order valence-electron chi connectivity index (χ0n) is 26.0. The molecule has 2 aliphatic heterocycles. The molecule has 47 heavy (non-hydrogen) atoms. The SMILES string of the molecule is Cc1cc(N2CCN(C(=O)Cc3ccccc3F)CC2)ncc1CC(=O)c1oc(N2CCC(c3ccccc3)CC2)nc1C(F)(F)F. The van der Waals surface area contributed by atoms with E-state index in [1.54, 1.807) is 41.0 Å². The summed E-state index contributed by atoms with van der Waals surface area (Å²) in [6.07, 6.45) is -2.24. The molecular weight excluding hydrogens is 614 g/mol.